The Hall–Kier alpha value is -1.28. The van der Waals surface area contributed by atoms with E-state index in [0.717, 1.165) is 17.0 Å². The van der Waals surface area contributed by atoms with Crippen LogP contribution < -0.4 is 0 Å². The highest BCUT2D eigenvalue weighted by atomic mass is 35.5. The standard InChI is InChI=1S/C10H8ClN2/c1-7-6-10(13-12-7)8-4-2-3-5-9(8)11/h2-5H,1H3,(H,12,13). The molecule has 0 bridgehead atoms. The first kappa shape index (κ1) is 8.32. The molecule has 0 saturated carbocycles. The van der Waals surface area contributed by atoms with Gasteiger partial charge in [0.1, 0.15) is 5.69 Å². The number of benzene rings is 1. The van der Waals surface area contributed by atoms with Crippen molar-refractivity contribution in [2.24, 2.45) is 0 Å². The summed E-state index contributed by atoms with van der Waals surface area (Å²) < 4.78 is 0. The summed E-state index contributed by atoms with van der Waals surface area (Å²) in [5.74, 6) is 0. The minimum absolute atomic E-state index is 0.699. The van der Waals surface area contributed by atoms with Gasteiger partial charge in [-0.25, -0.2) is 0 Å². The third kappa shape index (κ3) is 1.58. The molecule has 2 aromatic rings. The summed E-state index contributed by atoms with van der Waals surface area (Å²) in [5, 5.41) is 7.61. The van der Waals surface area contributed by atoms with Crippen LogP contribution in [-0.4, -0.2) is 10.2 Å². The molecule has 0 spiro atoms. The Morgan fingerprint density at radius 2 is 2.15 bits per heavy atom. The van der Waals surface area contributed by atoms with Crippen LogP contribution in [0.4, 0.5) is 0 Å². The molecule has 0 amide bonds. The van der Waals surface area contributed by atoms with Crippen LogP contribution in [0.1, 0.15) is 5.69 Å². The van der Waals surface area contributed by atoms with Crippen molar-refractivity contribution in [1.82, 2.24) is 10.2 Å². The fraction of sp³-hybridized carbons (Fsp3) is 0.100. The first-order valence-corrected chi connectivity index (χ1v) is 4.34. The van der Waals surface area contributed by atoms with E-state index in [1.807, 2.05) is 31.2 Å². The first-order valence-electron chi connectivity index (χ1n) is 3.96. The van der Waals surface area contributed by atoms with Crippen LogP contribution in [-0.2, 0) is 0 Å². The van der Waals surface area contributed by atoms with E-state index in [-0.39, 0.29) is 0 Å². The Morgan fingerprint density at radius 1 is 1.38 bits per heavy atom. The number of nitrogens with one attached hydrogen (secondary N) is 1. The predicted molar refractivity (Wildman–Crippen MR) is 52.6 cm³/mol. The average molecular weight is 192 g/mol. The molecule has 1 aromatic heterocycles. The molecule has 1 N–H and O–H groups in total. The predicted octanol–water partition coefficient (Wildman–Crippen LogP) is 2.84. The molecule has 2 rings (SSSR count). The molecule has 3 heteroatoms. The molecule has 0 atom stereocenters. The van der Waals surface area contributed by atoms with Gasteiger partial charge in [0.05, 0.1) is 5.02 Å². The van der Waals surface area contributed by atoms with Crippen LogP contribution in [0.25, 0.3) is 11.3 Å². The van der Waals surface area contributed by atoms with Crippen molar-refractivity contribution in [3.05, 3.63) is 41.0 Å². The van der Waals surface area contributed by atoms with Crippen molar-refractivity contribution in [2.45, 2.75) is 6.92 Å². The molecule has 13 heavy (non-hydrogen) atoms. The molecule has 0 aliphatic heterocycles. The second-order valence-corrected chi connectivity index (χ2v) is 3.21. The van der Waals surface area contributed by atoms with Gasteiger partial charge in [-0.3, -0.25) is 5.10 Å². The SMILES string of the molecule is Cc1[c]c(-c2ccccc2Cl)n[nH]1. The molecule has 1 heterocycles. The Labute approximate surface area is 81.6 Å². The maximum atomic E-state index is 5.99. The van der Waals surface area contributed by atoms with Gasteiger partial charge in [-0.1, -0.05) is 29.8 Å². The van der Waals surface area contributed by atoms with Gasteiger partial charge in [-0.05, 0) is 13.0 Å². The Morgan fingerprint density at radius 3 is 2.77 bits per heavy atom. The number of H-pyrrole nitrogens is 1. The number of aromatic nitrogens is 2. The molecule has 2 nitrogen and oxygen atoms in total. The van der Waals surface area contributed by atoms with Gasteiger partial charge >= 0.3 is 0 Å². The van der Waals surface area contributed by atoms with E-state index in [4.69, 9.17) is 11.6 Å². The highest BCUT2D eigenvalue weighted by molar-refractivity contribution is 6.33. The van der Waals surface area contributed by atoms with Crippen molar-refractivity contribution in [2.75, 3.05) is 0 Å². The molecule has 1 radical (unpaired) electrons. The van der Waals surface area contributed by atoms with E-state index in [1.165, 1.54) is 0 Å². The van der Waals surface area contributed by atoms with Gasteiger partial charge in [-0.15, -0.1) is 0 Å². The van der Waals surface area contributed by atoms with Gasteiger partial charge < -0.3 is 0 Å². The van der Waals surface area contributed by atoms with Gasteiger partial charge in [0.15, 0.2) is 0 Å². The molecule has 0 aliphatic carbocycles. The summed E-state index contributed by atoms with van der Waals surface area (Å²) in [5.41, 5.74) is 2.59. The number of halogens is 1. The van der Waals surface area contributed by atoms with Crippen LogP contribution in [0.3, 0.4) is 0 Å². The van der Waals surface area contributed by atoms with Crippen molar-refractivity contribution in [3.8, 4) is 11.3 Å². The molecule has 1 aromatic carbocycles. The zero-order chi connectivity index (χ0) is 9.26. The van der Waals surface area contributed by atoms with Gasteiger partial charge in [0.25, 0.3) is 0 Å². The van der Waals surface area contributed by atoms with Crippen LogP contribution in [0.2, 0.25) is 5.02 Å². The normalized spacial score (nSPS) is 10.3. The largest absolute Gasteiger partial charge is 0.282 e. The van der Waals surface area contributed by atoms with E-state index in [9.17, 15) is 0 Å². The van der Waals surface area contributed by atoms with Gasteiger partial charge in [0, 0.05) is 17.3 Å². The van der Waals surface area contributed by atoms with Crippen molar-refractivity contribution in [1.29, 1.82) is 0 Å². The topological polar surface area (TPSA) is 28.7 Å². The zero-order valence-electron chi connectivity index (χ0n) is 7.13. The lowest BCUT2D eigenvalue weighted by molar-refractivity contribution is 1.05. The lowest BCUT2D eigenvalue weighted by Crippen LogP contribution is -1.78. The molecule has 65 valence electrons. The number of rotatable bonds is 1. The molecule has 0 unspecified atom stereocenters. The molecular weight excluding hydrogens is 184 g/mol. The lowest BCUT2D eigenvalue weighted by Gasteiger charge is -1.97. The van der Waals surface area contributed by atoms with Crippen molar-refractivity contribution >= 4 is 11.6 Å². The number of nitrogens with zero attached hydrogens (tertiary/aromatic N) is 1. The smallest absolute Gasteiger partial charge is 0.102 e. The van der Waals surface area contributed by atoms with Crippen LogP contribution in [0.5, 0.6) is 0 Å². The van der Waals surface area contributed by atoms with Crippen molar-refractivity contribution in [3.63, 3.8) is 0 Å². The highest BCUT2D eigenvalue weighted by Crippen LogP contribution is 2.25. The number of aromatic amines is 1. The summed E-state index contributed by atoms with van der Waals surface area (Å²) in [6.45, 7) is 1.91. The summed E-state index contributed by atoms with van der Waals surface area (Å²) >= 11 is 5.99. The highest BCUT2D eigenvalue weighted by Gasteiger charge is 2.05. The van der Waals surface area contributed by atoms with E-state index in [1.54, 1.807) is 0 Å². The number of hydrogen-bond donors (Lipinski definition) is 1. The summed E-state index contributed by atoms with van der Waals surface area (Å²) in [7, 11) is 0. The van der Waals surface area contributed by atoms with E-state index in [0.29, 0.717) is 5.02 Å². The molecular formula is C10H8ClN2. The van der Waals surface area contributed by atoms with Gasteiger partial charge in [-0.2, -0.15) is 5.10 Å². The molecule has 0 fully saturated rings. The first-order chi connectivity index (χ1) is 6.27. The monoisotopic (exact) mass is 191 g/mol. The van der Waals surface area contributed by atoms with Crippen molar-refractivity contribution < 1.29 is 0 Å². The Kier molecular flexibility index (Phi) is 2.07. The van der Waals surface area contributed by atoms with Gasteiger partial charge in [0.2, 0.25) is 0 Å². The molecule has 0 saturated heterocycles. The fourth-order valence-corrected chi connectivity index (χ4v) is 1.38. The third-order valence-corrected chi connectivity index (χ3v) is 2.10. The quantitative estimate of drug-likeness (QED) is 0.738. The maximum Gasteiger partial charge on any atom is 0.102 e. The fourth-order valence-electron chi connectivity index (χ4n) is 1.15. The van der Waals surface area contributed by atoms with E-state index in [2.05, 4.69) is 16.3 Å². The summed E-state index contributed by atoms with van der Waals surface area (Å²) in [4.78, 5) is 0. The number of hydrogen-bond acceptors (Lipinski definition) is 1. The molecule has 0 aliphatic rings. The Balaban J connectivity index is 2.52. The summed E-state index contributed by atoms with van der Waals surface area (Å²) in [6, 6.07) is 10.7. The average Bonchev–Trinajstić information content (AvgIpc) is 2.53. The number of aryl methyl sites for hydroxylation is 1. The summed E-state index contributed by atoms with van der Waals surface area (Å²) in [6.07, 6.45) is 0. The lowest BCUT2D eigenvalue weighted by atomic mass is 10.1. The second-order valence-electron chi connectivity index (χ2n) is 2.80. The van der Waals surface area contributed by atoms with E-state index < -0.39 is 0 Å². The third-order valence-electron chi connectivity index (χ3n) is 1.77. The Bertz CT molecular complexity index is 420. The second kappa shape index (κ2) is 3.23. The van der Waals surface area contributed by atoms with Crippen LogP contribution in [0, 0.1) is 13.0 Å². The van der Waals surface area contributed by atoms with Crippen LogP contribution in [0.15, 0.2) is 24.3 Å². The van der Waals surface area contributed by atoms with E-state index >= 15 is 0 Å². The zero-order valence-corrected chi connectivity index (χ0v) is 7.89. The van der Waals surface area contributed by atoms with Crippen LogP contribution >= 0.6 is 11.6 Å². The minimum Gasteiger partial charge on any atom is -0.282 e. The maximum absolute atomic E-state index is 5.99. The minimum atomic E-state index is 0.699.